The number of hydrogen-bond donors (Lipinski definition) is 0. The number of benzene rings is 1. The highest BCUT2D eigenvalue weighted by Gasteiger charge is 2.36. The fourth-order valence-electron chi connectivity index (χ4n) is 5.36. The molecule has 0 radical (unpaired) electrons. The van der Waals surface area contributed by atoms with Crippen LogP contribution in [0.4, 0.5) is 10.1 Å². The lowest BCUT2D eigenvalue weighted by Gasteiger charge is -2.35. The van der Waals surface area contributed by atoms with Crippen LogP contribution in [0.1, 0.15) is 47.3 Å². The molecule has 190 valence electrons. The number of esters is 1. The number of amidine groups is 1. The van der Waals surface area contributed by atoms with Crippen molar-refractivity contribution in [1.29, 1.82) is 0 Å². The molecule has 1 saturated carbocycles. The Morgan fingerprint density at radius 1 is 1.14 bits per heavy atom. The number of hydrogen-bond acceptors (Lipinski definition) is 6. The summed E-state index contributed by atoms with van der Waals surface area (Å²) in [5.41, 5.74) is 3.37. The average Bonchev–Trinajstić information content (AvgIpc) is 3.26. The van der Waals surface area contributed by atoms with Crippen LogP contribution in [0.3, 0.4) is 0 Å². The Balaban J connectivity index is 1.42. The van der Waals surface area contributed by atoms with Crippen molar-refractivity contribution >= 4 is 23.4 Å². The van der Waals surface area contributed by atoms with Gasteiger partial charge in [0.15, 0.2) is 0 Å². The predicted molar refractivity (Wildman–Crippen MR) is 132 cm³/mol. The maximum absolute atomic E-state index is 13.4. The fraction of sp³-hybridized carbons (Fsp3) is 0.481. The Labute approximate surface area is 210 Å². The molecule has 36 heavy (non-hydrogen) atoms. The molecule has 1 aromatic heterocycles. The van der Waals surface area contributed by atoms with Gasteiger partial charge in [-0.2, -0.15) is 4.99 Å². The number of ether oxygens (including phenoxy) is 2. The van der Waals surface area contributed by atoms with Crippen LogP contribution in [0.5, 0.6) is 0 Å². The van der Waals surface area contributed by atoms with Gasteiger partial charge in [-0.25, -0.2) is 4.39 Å². The number of fused-ring (bicyclic) bond motifs is 1. The van der Waals surface area contributed by atoms with Gasteiger partial charge in [0, 0.05) is 55.1 Å². The summed E-state index contributed by atoms with van der Waals surface area (Å²) in [6.45, 7) is 3.93. The molecular weight excluding hydrogens is 463 g/mol. The number of methoxy groups -OCH3 is 1. The van der Waals surface area contributed by atoms with Crippen molar-refractivity contribution in [2.24, 2.45) is 10.9 Å². The molecule has 8 nitrogen and oxygen atoms in total. The number of aliphatic imine (C=N–C) groups is 1. The lowest BCUT2D eigenvalue weighted by Crippen LogP contribution is -2.42. The van der Waals surface area contributed by atoms with Crippen molar-refractivity contribution in [3.05, 3.63) is 59.2 Å². The van der Waals surface area contributed by atoms with Gasteiger partial charge in [-0.15, -0.1) is 0 Å². The highest BCUT2D eigenvalue weighted by atomic mass is 19.1. The van der Waals surface area contributed by atoms with Crippen LogP contribution >= 0.6 is 0 Å². The number of morpholine rings is 1. The minimum absolute atomic E-state index is 0.0936. The Morgan fingerprint density at radius 2 is 1.86 bits per heavy atom. The Bertz CT molecular complexity index is 1140. The van der Waals surface area contributed by atoms with Gasteiger partial charge in [-0.3, -0.25) is 19.5 Å². The minimum atomic E-state index is -0.396. The zero-order valence-corrected chi connectivity index (χ0v) is 20.5. The lowest BCUT2D eigenvalue weighted by atomic mass is 9.85. The van der Waals surface area contributed by atoms with Gasteiger partial charge in [-0.1, -0.05) is 0 Å². The molecule has 2 aromatic rings. The number of anilines is 1. The summed E-state index contributed by atoms with van der Waals surface area (Å²) in [7, 11) is 1.43. The van der Waals surface area contributed by atoms with Crippen LogP contribution in [0.2, 0.25) is 0 Å². The van der Waals surface area contributed by atoms with Crippen molar-refractivity contribution in [1.82, 2.24) is 9.88 Å². The van der Waals surface area contributed by atoms with Crippen LogP contribution in [0.15, 0.2) is 41.5 Å². The molecule has 1 aliphatic carbocycles. The van der Waals surface area contributed by atoms with Gasteiger partial charge >= 0.3 is 5.97 Å². The molecule has 1 amide bonds. The van der Waals surface area contributed by atoms with E-state index in [1.54, 1.807) is 0 Å². The van der Waals surface area contributed by atoms with E-state index in [1.165, 1.54) is 31.4 Å². The highest BCUT2D eigenvalue weighted by Crippen LogP contribution is 2.38. The maximum Gasteiger partial charge on any atom is 0.308 e. The van der Waals surface area contributed by atoms with Gasteiger partial charge < -0.3 is 14.4 Å². The van der Waals surface area contributed by atoms with Crippen LogP contribution in [0.25, 0.3) is 0 Å². The topological polar surface area (TPSA) is 84.3 Å². The Morgan fingerprint density at radius 3 is 2.56 bits per heavy atom. The molecule has 0 bridgehead atoms. The molecular formula is C27H31FN4O4. The molecule has 9 heteroatoms. The van der Waals surface area contributed by atoms with E-state index in [9.17, 15) is 14.0 Å². The van der Waals surface area contributed by atoms with Crippen LogP contribution < -0.4 is 4.90 Å². The SMILES string of the molecule is COC(=O)C1CCC(N2C(=NC(=O)c3ccc(F)cc3)Cc3cnc(CN4CCOCC4)cc32)CC1. The quantitative estimate of drug-likeness (QED) is 0.589. The van der Waals surface area contributed by atoms with Crippen molar-refractivity contribution in [3.63, 3.8) is 0 Å². The zero-order valence-electron chi connectivity index (χ0n) is 20.5. The standard InChI is InChI=1S/C27H31FN4O4/c1-35-27(34)19-4-8-23(9-5-19)32-24-15-22(17-31-10-12-36-13-11-31)29-16-20(24)14-25(32)30-26(33)18-2-6-21(28)7-3-18/h2-3,6-7,15-16,19,23H,4-5,8-14,17H2,1H3. The van der Waals surface area contributed by atoms with Gasteiger partial charge in [-0.05, 0) is 56.0 Å². The van der Waals surface area contributed by atoms with E-state index in [4.69, 9.17) is 14.5 Å². The Hall–Kier alpha value is -3.17. The average molecular weight is 495 g/mol. The molecule has 2 aliphatic heterocycles. The number of aromatic nitrogens is 1. The fourth-order valence-corrected chi connectivity index (χ4v) is 5.36. The summed E-state index contributed by atoms with van der Waals surface area (Å²) in [6.07, 6.45) is 5.45. The third-order valence-electron chi connectivity index (χ3n) is 7.31. The molecule has 0 atom stereocenters. The van der Waals surface area contributed by atoms with E-state index in [1.807, 2.05) is 6.20 Å². The second kappa shape index (κ2) is 10.8. The number of carbonyl (C=O) groups excluding carboxylic acids is 2. The van der Waals surface area contributed by atoms with E-state index in [2.05, 4.69) is 20.9 Å². The van der Waals surface area contributed by atoms with E-state index in [0.29, 0.717) is 17.8 Å². The number of rotatable bonds is 5. The summed E-state index contributed by atoms with van der Waals surface area (Å²) in [4.78, 5) is 38.7. The number of carbonyl (C=O) groups is 2. The largest absolute Gasteiger partial charge is 0.469 e. The number of halogens is 1. The summed E-state index contributed by atoms with van der Waals surface area (Å²) in [5.74, 6) is -0.370. The van der Waals surface area contributed by atoms with Gasteiger partial charge in [0.1, 0.15) is 11.7 Å². The molecule has 1 aromatic carbocycles. The molecule has 2 fully saturated rings. The predicted octanol–water partition coefficient (Wildman–Crippen LogP) is 3.39. The van der Waals surface area contributed by atoms with E-state index >= 15 is 0 Å². The normalized spacial score (nSPS) is 23.5. The van der Waals surface area contributed by atoms with E-state index < -0.39 is 11.7 Å². The first-order valence-corrected chi connectivity index (χ1v) is 12.5. The van der Waals surface area contributed by atoms with Crippen molar-refractivity contribution in [2.45, 2.75) is 44.7 Å². The molecule has 1 saturated heterocycles. The minimum Gasteiger partial charge on any atom is -0.469 e. The maximum atomic E-state index is 13.4. The first-order chi connectivity index (χ1) is 17.5. The second-order valence-corrected chi connectivity index (χ2v) is 9.61. The summed E-state index contributed by atoms with van der Waals surface area (Å²) in [5, 5.41) is 0. The van der Waals surface area contributed by atoms with Gasteiger partial charge in [0.05, 0.1) is 31.9 Å². The van der Waals surface area contributed by atoms with Gasteiger partial charge in [0.25, 0.3) is 5.91 Å². The van der Waals surface area contributed by atoms with Crippen molar-refractivity contribution < 1.29 is 23.5 Å². The number of amides is 1. The van der Waals surface area contributed by atoms with E-state index in [0.717, 1.165) is 75.5 Å². The molecule has 3 aliphatic rings. The monoisotopic (exact) mass is 494 g/mol. The van der Waals surface area contributed by atoms with Crippen LogP contribution in [-0.2, 0) is 27.2 Å². The number of pyridine rings is 1. The third-order valence-corrected chi connectivity index (χ3v) is 7.31. The van der Waals surface area contributed by atoms with Crippen molar-refractivity contribution in [3.8, 4) is 0 Å². The third kappa shape index (κ3) is 5.32. The van der Waals surface area contributed by atoms with Crippen LogP contribution in [-0.4, -0.2) is 67.1 Å². The van der Waals surface area contributed by atoms with Gasteiger partial charge in [0.2, 0.25) is 0 Å². The summed E-state index contributed by atoms with van der Waals surface area (Å²) < 4.78 is 23.8. The summed E-state index contributed by atoms with van der Waals surface area (Å²) >= 11 is 0. The first kappa shape index (κ1) is 24.5. The summed E-state index contributed by atoms with van der Waals surface area (Å²) in [6, 6.07) is 7.68. The Kier molecular flexibility index (Phi) is 7.38. The lowest BCUT2D eigenvalue weighted by molar-refractivity contribution is -0.146. The first-order valence-electron chi connectivity index (χ1n) is 12.5. The molecule has 0 unspecified atom stereocenters. The second-order valence-electron chi connectivity index (χ2n) is 9.61. The molecule has 5 rings (SSSR count). The highest BCUT2D eigenvalue weighted by molar-refractivity contribution is 6.12. The smallest absolute Gasteiger partial charge is 0.308 e. The number of nitrogens with zero attached hydrogens (tertiary/aromatic N) is 4. The van der Waals surface area contributed by atoms with E-state index in [-0.39, 0.29) is 17.9 Å². The molecule has 0 N–H and O–H groups in total. The molecule has 0 spiro atoms. The molecule has 3 heterocycles. The van der Waals surface area contributed by atoms with Crippen molar-refractivity contribution in [2.75, 3.05) is 38.3 Å². The van der Waals surface area contributed by atoms with Crippen LogP contribution in [0, 0.1) is 11.7 Å². The zero-order chi connectivity index (χ0) is 25.1.